The van der Waals surface area contributed by atoms with Crippen LogP contribution in [-0.4, -0.2) is 9.67 Å². The van der Waals surface area contributed by atoms with Gasteiger partial charge in [-0.25, -0.2) is 0 Å². The van der Waals surface area contributed by atoms with E-state index in [-0.39, 0.29) is 11.3 Å². The van der Waals surface area contributed by atoms with Crippen LogP contribution in [0.2, 0.25) is 0 Å². The molecule has 76 valence electrons. The van der Waals surface area contributed by atoms with Crippen LogP contribution >= 0.6 is 0 Å². The van der Waals surface area contributed by atoms with Crippen LogP contribution < -0.4 is 5.56 Å². The molecule has 0 fully saturated rings. The normalized spacial score (nSPS) is 10.2. The predicted molar refractivity (Wildman–Crippen MR) is 58.8 cm³/mol. The number of aromatic nitrogens is 1. The lowest BCUT2D eigenvalue weighted by Gasteiger charge is -2.04. The maximum absolute atomic E-state index is 11.4. The summed E-state index contributed by atoms with van der Waals surface area (Å²) in [5, 5.41) is 9.62. The fourth-order valence-corrected chi connectivity index (χ4v) is 1.43. The van der Waals surface area contributed by atoms with Crippen LogP contribution in [0, 0.1) is 0 Å². The number of aromatic hydroxyl groups is 1. The first-order valence-electron chi connectivity index (χ1n) is 4.63. The molecule has 0 aliphatic rings. The average molecular weight is 201 g/mol. The number of para-hydroxylation sites is 1. The molecule has 2 aromatic rings. The standard InChI is InChI=1S/C12H11NO2/c1-13-7-6-9(8-12(13)15)10-4-2-3-5-11(10)14/h2-8,14H,1H3. The van der Waals surface area contributed by atoms with Gasteiger partial charge in [0.05, 0.1) is 0 Å². The lowest BCUT2D eigenvalue weighted by Crippen LogP contribution is -2.14. The lowest BCUT2D eigenvalue weighted by molar-refractivity contribution is 0.477. The molecule has 3 nitrogen and oxygen atoms in total. The van der Waals surface area contributed by atoms with Crippen LogP contribution in [0.25, 0.3) is 11.1 Å². The molecule has 0 amide bonds. The van der Waals surface area contributed by atoms with Crippen molar-refractivity contribution in [2.45, 2.75) is 0 Å². The van der Waals surface area contributed by atoms with E-state index in [1.54, 1.807) is 37.5 Å². The molecule has 0 saturated carbocycles. The number of nitrogens with zero attached hydrogens (tertiary/aromatic N) is 1. The quantitative estimate of drug-likeness (QED) is 0.763. The third-order valence-electron chi connectivity index (χ3n) is 2.32. The molecule has 0 saturated heterocycles. The van der Waals surface area contributed by atoms with Crippen molar-refractivity contribution in [2.75, 3.05) is 0 Å². The second-order valence-electron chi connectivity index (χ2n) is 3.38. The molecule has 0 spiro atoms. The highest BCUT2D eigenvalue weighted by atomic mass is 16.3. The number of phenols is 1. The van der Waals surface area contributed by atoms with Crippen LogP contribution in [0.5, 0.6) is 5.75 Å². The molecular formula is C12H11NO2. The van der Waals surface area contributed by atoms with E-state index in [0.717, 1.165) is 5.56 Å². The molecule has 2 rings (SSSR count). The highest BCUT2D eigenvalue weighted by Gasteiger charge is 2.03. The molecule has 0 atom stereocenters. The fourth-order valence-electron chi connectivity index (χ4n) is 1.43. The van der Waals surface area contributed by atoms with Gasteiger partial charge in [-0.1, -0.05) is 18.2 Å². The summed E-state index contributed by atoms with van der Waals surface area (Å²) >= 11 is 0. The van der Waals surface area contributed by atoms with E-state index < -0.39 is 0 Å². The minimum atomic E-state index is -0.0873. The number of rotatable bonds is 1. The number of phenolic OH excluding ortho intramolecular Hbond substituents is 1. The van der Waals surface area contributed by atoms with Gasteiger partial charge in [-0.15, -0.1) is 0 Å². The summed E-state index contributed by atoms with van der Waals surface area (Å²) in [5.41, 5.74) is 1.32. The first-order valence-corrected chi connectivity index (χ1v) is 4.63. The zero-order chi connectivity index (χ0) is 10.8. The minimum Gasteiger partial charge on any atom is -0.507 e. The van der Waals surface area contributed by atoms with Gasteiger partial charge in [0.1, 0.15) is 5.75 Å². The largest absolute Gasteiger partial charge is 0.507 e. The molecule has 1 N–H and O–H groups in total. The van der Waals surface area contributed by atoms with Crippen LogP contribution in [0.1, 0.15) is 0 Å². The van der Waals surface area contributed by atoms with Gasteiger partial charge < -0.3 is 9.67 Å². The van der Waals surface area contributed by atoms with Gasteiger partial charge in [0, 0.05) is 24.9 Å². The van der Waals surface area contributed by atoms with E-state index in [4.69, 9.17) is 0 Å². The Bertz CT molecular complexity index is 543. The summed E-state index contributed by atoms with van der Waals surface area (Å²) in [6.45, 7) is 0. The summed E-state index contributed by atoms with van der Waals surface area (Å²) < 4.78 is 1.49. The first kappa shape index (κ1) is 9.52. The van der Waals surface area contributed by atoms with E-state index in [2.05, 4.69) is 0 Å². The van der Waals surface area contributed by atoms with Gasteiger partial charge in [0.25, 0.3) is 5.56 Å². The zero-order valence-electron chi connectivity index (χ0n) is 8.34. The number of hydrogen-bond donors (Lipinski definition) is 1. The van der Waals surface area contributed by atoms with Gasteiger partial charge >= 0.3 is 0 Å². The number of pyridine rings is 1. The molecule has 15 heavy (non-hydrogen) atoms. The predicted octanol–water partition coefficient (Wildman–Crippen LogP) is 1.76. The summed E-state index contributed by atoms with van der Waals surface area (Å²) in [7, 11) is 1.69. The molecule has 1 aromatic heterocycles. The Kier molecular flexibility index (Phi) is 2.29. The summed E-state index contributed by atoms with van der Waals surface area (Å²) in [4.78, 5) is 11.4. The van der Waals surface area contributed by atoms with Crippen LogP contribution in [0.4, 0.5) is 0 Å². The summed E-state index contributed by atoms with van der Waals surface area (Å²) in [5.74, 6) is 0.186. The van der Waals surface area contributed by atoms with Gasteiger partial charge in [-0.05, 0) is 17.7 Å². The van der Waals surface area contributed by atoms with E-state index in [1.807, 2.05) is 6.07 Å². The van der Waals surface area contributed by atoms with Crippen LogP contribution in [0.3, 0.4) is 0 Å². The molecule has 3 heteroatoms. The first-order chi connectivity index (χ1) is 7.18. The molecule has 0 unspecified atom stereocenters. The second kappa shape index (κ2) is 3.61. The topological polar surface area (TPSA) is 42.2 Å². The smallest absolute Gasteiger partial charge is 0.250 e. The average Bonchev–Trinajstić information content (AvgIpc) is 2.23. The third-order valence-corrected chi connectivity index (χ3v) is 2.32. The van der Waals surface area contributed by atoms with Crippen molar-refractivity contribution in [1.29, 1.82) is 0 Å². The van der Waals surface area contributed by atoms with E-state index >= 15 is 0 Å². The van der Waals surface area contributed by atoms with Crippen molar-refractivity contribution in [1.82, 2.24) is 4.57 Å². The molecule has 0 radical (unpaired) electrons. The molecule has 0 aliphatic carbocycles. The van der Waals surface area contributed by atoms with Crippen LogP contribution in [-0.2, 0) is 7.05 Å². The maximum Gasteiger partial charge on any atom is 0.250 e. The van der Waals surface area contributed by atoms with Crippen LogP contribution in [0.15, 0.2) is 47.4 Å². The Morgan fingerprint density at radius 3 is 2.60 bits per heavy atom. The Morgan fingerprint density at radius 1 is 1.20 bits per heavy atom. The van der Waals surface area contributed by atoms with Crippen molar-refractivity contribution in [3.05, 3.63) is 52.9 Å². The van der Waals surface area contributed by atoms with Gasteiger partial charge in [-0.2, -0.15) is 0 Å². The van der Waals surface area contributed by atoms with Crippen molar-refractivity contribution in [2.24, 2.45) is 7.05 Å². The summed E-state index contributed by atoms with van der Waals surface area (Å²) in [6.07, 6.45) is 1.68. The van der Waals surface area contributed by atoms with Crippen molar-refractivity contribution < 1.29 is 5.11 Å². The zero-order valence-corrected chi connectivity index (χ0v) is 8.34. The molecule has 0 aliphatic heterocycles. The molecule has 1 aromatic carbocycles. The summed E-state index contributed by atoms with van der Waals surface area (Å²) in [6, 6.07) is 10.3. The SMILES string of the molecule is Cn1ccc(-c2ccccc2O)cc1=O. The minimum absolute atomic E-state index is 0.0873. The lowest BCUT2D eigenvalue weighted by atomic mass is 10.1. The number of hydrogen-bond acceptors (Lipinski definition) is 2. The van der Waals surface area contributed by atoms with Gasteiger partial charge in [-0.3, -0.25) is 4.79 Å². The van der Waals surface area contributed by atoms with Gasteiger partial charge in [0.15, 0.2) is 0 Å². The number of aryl methyl sites for hydroxylation is 1. The van der Waals surface area contributed by atoms with Crippen molar-refractivity contribution in [3.8, 4) is 16.9 Å². The highest BCUT2D eigenvalue weighted by molar-refractivity contribution is 5.69. The van der Waals surface area contributed by atoms with Crippen molar-refractivity contribution >= 4 is 0 Å². The molecular weight excluding hydrogens is 190 g/mol. The highest BCUT2D eigenvalue weighted by Crippen LogP contribution is 2.26. The second-order valence-corrected chi connectivity index (χ2v) is 3.38. The Balaban J connectivity index is 2.60. The number of benzene rings is 1. The Labute approximate surface area is 87.2 Å². The maximum atomic E-state index is 11.4. The van der Waals surface area contributed by atoms with Gasteiger partial charge in [0.2, 0.25) is 0 Å². The third kappa shape index (κ3) is 1.76. The Morgan fingerprint density at radius 2 is 1.93 bits per heavy atom. The monoisotopic (exact) mass is 201 g/mol. The van der Waals surface area contributed by atoms with E-state index in [0.29, 0.717) is 5.56 Å². The van der Waals surface area contributed by atoms with E-state index in [1.165, 1.54) is 10.6 Å². The Hall–Kier alpha value is -2.03. The van der Waals surface area contributed by atoms with Crippen molar-refractivity contribution in [3.63, 3.8) is 0 Å². The van der Waals surface area contributed by atoms with E-state index in [9.17, 15) is 9.90 Å². The fraction of sp³-hybridized carbons (Fsp3) is 0.0833. The molecule has 1 heterocycles. The molecule has 0 bridgehead atoms.